The molecule has 1 amide bonds. The standard InChI is InChI=1S/C12H15N3O3S/c1-3-10-14-15-12(19-10)13-11(16)9-6-5-8(18-9)7-17-4-2/h5-6H,3-4,7H2,1-2H3,(H,13,15,16). The van der Waals surface area contributed by atoms with Gasteiger partial charge in [0.2, 0.25) is 5.13 Å². The van der Waals surface area contributed by atoms with Crippen LogP contribution in [0.15, 0.2) is 16.5 Å². The number of amides is 1. The average Bonchev–Trinajstić information content (AvgIpc) is 3.04. The molecular formula is C12H15N3O3S. The summed E-state index contributed by atoms with van der Waals surface area (Å²) >= 11 is 1.36. The molecule has 0 atom stereocenters. The molecule has 6 nitrogen and oxygen atoms in total. The first-order chi connectivity index (χ1) is 9.22. The summed E-state index contributed by atoms with van der Waals surface area (Å²) in [6.45, 7) is 4.85. The first-order valence-electron chi connectivity index (χ1n) is 6.03. The van der Waals surface area contributed by atoms with E-state index in [0.29, 0.717) is 24.1 Å². The van der Waals surface area contributed by atoms with E-state index >= 15 is 0 Å². The minimum atomic E-state index is -0.332. The molecule has 0 spiro atoms. The Morgan fingerprint density at radius 2 is 2.26 bits per heavy atom. The molecule has 0 unspecified atom stereocenters. The lowest BCUT2D eigenvalue weighted by Gasteiger charge is -1.98. The van der Waals surface area contributed by atoms with E-state index in [1.165, 1.54) is 11.3 Å². The van der Waals surface area contributed by atoms with Crippen molar-refractivity contribution in [2.24, 2.45) is 0 Å². The molecule has 19 heavy (non-hydrogen) atoms. The van der Waals surface area contributed by atoms with Crippen LogP contribution in [0.4, 0.5) is 5.13 Å². The lowest BCUT2D eigenvalue weighted by molar-refractivity contribution is 0.0972. The maximum Gasteiger partial charge on any atom is 0.293 e. The number of nitrogens with one attached hydrogen (secondary N) is 1. The molecule has 7 heteroatoms. The topological polar surface area (TPSA) is 77.2 Å². The van der Waals surface area contributed by atoms with Gasteiger partial charge in [-0.2, -0.15) is 0 Å². The highest BCUT2D eigenvalue weighted by atomic mass is 32.1. The molecule has 0 aliphatic carbocycles. The summed E-state index contributed by atoms with van der Waals surface area (Å²) in [6.07, 6.45) is 0.798. The van der Waals surface area contributed by atoms with E-state index in [2.05, 4.69) is 15.5 Å². The number of hydrogen-bond acceptors (Lipinski definition) is 6. The van der Waals surface area contributed by atoms with Gasteiger partial charge in [0, 0.05) is 6.61 Å². The molecule has 0 aliphatic heterocycles. The number of carbonyl (C=O) groups excluding carboxylic acids is 1. The zero-order chi connectivity index (χ0) is 13.7. The van der Waals surface area contributed by atoms with Gasteiger partial charge >= 0.3 is 0 Å². The number of furan rings is 1. The Bertz CT molecular complexity index is 550. The molecule has 1 N–H and O–H groups in total. The van der Waals surface area contributed by atoms with Crippen LogP contribution in [0, 0.1) is 0 Å². The van der Waals surface area contributed by atoms with Gasteiger partial charge in [-0.05, 0) is 25.5 Å². The zero-order valence-electron chi connectivity index (χ0n) is 10.8. The van der Waals surface area contributed by atoms with Crippen LogP contribution in [0.3, 0.4) is 0 Å². The molecule has 0 fully saturated rings. The first kappa shape index (κ1) is 13.7. The van der Waals surface area contributed by atoms with Crippen LogP contribution in [-0.2, 0) is 17.8 Å². The molecular weight excluding hydrogens is 266 g/mol. The van der Waals surface area contributed by atoms with Gasteiger partial charge in [-0.25, -0.2) is 0 Å². The maximum atomic E-state index is 11.9. The van der Waals surface area contributed by atoms with Crippen LogP contribution in [0.2, 0.25) is 0 Å². The molecule has 0 aliphatic rings. The summed E-state index contributed by atoms with van der Waals surface area (Å²) in [4.78, 5) is 11.9. The van der Waals surface area contributed by atoms with Crippen molar-refractivity contribution in [1.29, 1.82) is 0 Å². The van der Waals surface area contributed by atoms with Crippen LogP contribution in [-0.4, -0.2) is 22.7 Å². The number of aromatic nitrogens is 2. The van der Waals surface area contributed by atoms with Crippen molar-refractivity contribution in [3.05, 3.63) is 28.7 Å². The minimum absolute atomic E-state index is 0.239. The van der Waals surface area contributed by atoms with Crippen LogP contribution in [0.5, 0.6) is 0 Å². The Morgan fingerprint density at radius 1 is 1.42 bits per heavy atom. The van der Waals surface area contributed by atoms with Gasteiger partial charge < -0.3 is 9.15 Å². The van der Waals surface area contributed by atoms with Crippen LogP contribution in [0.1, 0.15) is 35.2 Å². The highest BCUT2D eigenvalue weighted by Crippen LogP contribution is 2.17. The molecule has 0 aromatic carbocycles. The summed E-state index contributed by atoms with van der Waals surface area (Å²) in [5.74, 6) is 0.531. The fourth-order valence-electron chi connectivity index (χ4n) is 1.39. The van der Waals surface area contributed by atoms with Gasteiger partial charge in [0.1, 0.15) is 17.4 Å². The lowest BCUT2D eigenvalue weighted by Crippen LogP contribution is -2.10. The predicted octanol–water partition coefficient (Wildman–Crippen LogP) is 2.48. The zero-order valence-corrected chi connectivity index (χ0v) is 11.6. The quantitative estimate of drug-likeness (QED) is 0.880. The Labute approximate surface area is 114 Å². The summed E-state index contributed by atoms with van der Waals surface area (Å²) in [7, 11) is 0. The Hall–Kier alpha value is -1.73. The molecule has 2 aromatic rings. The number of carbonyl (C=O) groups is 1. The molecule has 2 aromatic heterocycles. The highest BCUT2D eigenvalue weighted by molar-refractivity contribution is 7.15. The van der Waals surface area contributed by atoms with Gasteiger partial charge in [-0.15, -0.1) is 10.2 Å². The number of aryl methyl sites for hydroxylation is 1. The van der Waals surface area contributed by atoms with E-state index in [-0.39, 0.29) is 11.7 Å². The first-order valence-corrected chi connectivity index (χ1v) is 6.84. The second kappa shape index (κ2) is 6.44. The molecule has 102 valence electrons. The highest BCUT2D eigenvalue weighted by Gasteiger charge is 2.13. The van der Waals surface area contributed by atoms with Gasteiger partial charge in [0.15, 0.2) is 5.76 Å². The third-order valence-electron chi connectivity index (χ3n) is 2.32. The fourth-order valence-corrected chi connectivity index (χ4v) is 2.06. The van der Waals surface area contributed by atoms with Crippen molar-refractivity contribution in [3.63, 3.8) is 0 Å². The van der Waals surface area contributed by atoms with Crippen molar-refractivity contribution < 1.29 is 13.9 Å². The second-order valence-electron chi connectivity index (χ2n) is 3.71. The predicted molar refractivity (Wildman–Crippen MR) is 71.3 cm³/mol. The van der Waals surface area contributed by atoms with E-state index in [1.54, 1.807) is 12.1 Å². The Kier molecular flexibility index (Phi) is 4.64. The summed E-state index contributed by atoms with van der Waals surface area (Å²) in [5.41, 5.74) is 0. The van der Waals surface area contributed by atoms with Gasteiger partial charge in [-0.3, -0.25) is 10.1 Å². The molecule has 2 heterocycles. The number of hydrogen-bond donors (Lipinski definition) is 1. The normalized spacial score (nSPS) is 10.6. The second-order valence-corrected chi connectivity index (χ2v) is 4.77. The van der Waals surface area contributed by atoms with Crippen molar-refractivity contribution in [3.8, 4) is 0 Å². The monoisotopic (exact) mass is 281 g/mol. The van der Waals surface area contributed by atoms with Crippen molar-refractivity contribution >= 4 is 22.4 Å². The third-order valence-corrected chi connectivity index (χ3v) is 3.31. The SMILES string of the molecule is CCOCc1ccc(C(=O)Nc2nnc(CC)s2)o1. The Morgan fingerprint density at radius 3 is 2.95 bits per heavy atom. The molecule has 0 saturated heterocycles. The maximum absolute atomic E-state index is 11.9. The van der Waals surface area contributed by atoms with Crippen molar-refractivity contribution in [2.75, 3.05) is 11.9 Å². The van der Waals surface area contributed by atoms with Crippen LogP contribution < -0.4 is 5.32 Å². The van der Waals surface area contributed by atoms with Crippen molar-refractivity contribution in [2.45, 2.75) is 26.9 Å². The van der Waals surface area contributed by atoms with Crippen molar-refractivity contribution in [1.82, 2.24) is 10.2 Å². The Balaban J connectivity index is 1.97. The molecule has 0 saturated carbocycles. The lowest BCUT2D eigenvalue weighted by atomic mass is 10.4. The minimum Gasteiger partial charge on any atom is -0.453 e. The van der Waals surface area contributed by atoms with Gasteiger partial charge in [0.25, 0.3) is 5.91 Å². The number of ether oxygens (including phenoxy) is 1. The van der Waals surface area contributed by atoms with Gasteiger partial charge in [-0.1, -0.05) is 18.3 Å². The molecule has 0 radical (unpaired) electrons. The van der Waals surface area contributed by atoms with E-state index in [0.717, 1.165) is 11.4 Å². The van der Waals surface area contributed by atoms with E-state index in [4.69, 9.17) is 9.15 Å². The largest absolute Gasteiger partial charge is 0.453 e. The summed E-state index contributed by atoms with van der Waals surface area (Å²) < 4.78 is 10.6. The van der Waals surface area contributed by atoms with Crippen LogP contribution >= 0.6 is 11.3 Å². The fraction of sp³-hybridized carbons (Fsp3) is 0.417. The smallest absolute Gasteiger partial charge is 0.293 e. The molecule has 2 rings (SSSR count). The van der Waals surface area contributed by atoms with Gasteiger partial charge in [0.05, 0.1) is 0 Å². The van der Waals surface area contributed by atoms with Crippen LogP contribution in [0.25, 0.3) is 0 Å². The average molecular weight is 281 g/mol. The van der Waals surface area contributed by atoms with E-state index in [1.807, 2.05) is 13.8 Å². The number of anilines is 1. The van der Waals surface area contributed by atoms with E-state index < -0.39 is 0 Å². The summed E-state index contributed by atoms with van der Waals surface area (Å²) in [6, 6.07) is 3.34. The summed E-state index contributed by atoms with van der Waals surface area (Å²) in [5, 5.41) is 11.8. The molecule has 0 bridgehead atoms. The number of nitrogens with zero attached hydrogens (tertiary/aromatic N) is 2. The number of rotatable bonds is 6. The third kappa shape index (κ3) is 3.62. The van der Waals surface area contributed by atoms with E-state index in [9.17, 15) is 4.79 Å².